The van der Waals surface area contributed by atoms with Gasteiger partial charge in [-0.2, -0.15) is 0 Å². The van der Waals surface area contributed by atoms with Gasteiger partial charge in [0.1, 0.15) is 0 Å². The molecule has 0 N–H and O–H groups in total. The molecule has 1 heteroatoms. The molecule has 0 aromatic heterocycles. The Morgan fingerprint density at radius 2 is 1.24 bits per heavy atom. The van der Waals surface area contributed by atoms with Crippen LogP contribution in [-0.2, 0) is 0 Å². The molecule has 0 radical (unpaired) electrons. The normalized spacial score (nSPS) is 11.9. The molecule has 0 aliphatic heterocycles. The Kier molecular flexibility index (Phi) is 15.9. The van der Waals surface area contributed by atoms with Crippen LogP contribution < -0.4 is 0 Å². The van der Waals surface area contributed by atoms with Crippen LogP contribution in [0, 0.1) is 0 Å². The van der Waals surface area contributed by atoms with Gasteiger partial charge in [0.15, 0.2) is 0 Å². The van der Waals surface area contributed by atoms with Crippen molar-refractivity contribution in [2.45, 2.75) is 71.1 Å². The highest BCUT2D eigenvalue weighted by Gasteiger charge is 1.89. The summed E-state index contributed by atoms with van der Waals surface area (Å²) in [5.41, 5.74) is 0. The Morgan fingerprint density at radius 3 is 1.82 bits per heavy atom. The van der Waals surface area contributed by atoms with E-state index in [2.05, 4.69) is 47.2 Å². The Balaban J connectivity index is 3.11. The zero-order valence-corrected chi connectivity index (χ0v) is 13.1. The second kappa shape index (κ2) is 16.0. The molecule has 0 spiro atoms. The van der Waals surface area contributed by atoms with E-state index in [1.165, 1.54) is 69.5 Å². The summed E-state index contributed by atoms with van der Waals surface area (Å²) in [5.74, 6) is 0. The smallest absolute Gasteiger partial charge is 0.00313 e. The highest BCUT2D eigenvalue weighted by Crippen LogP contribution is 2.08. The van der Waals surface area contributed by atoms with Gasteiger partial charge < -0.3 is 0 Å². The monoisotopic (exact) mass is 300 g/mol. The predicted octanol–water partition coefficient (Wildman–Crippen LogP) is 6.41. The molecular weight excluding hydrogens is 272 g/mol. The lowest BCUT2D eigenvalue weighted by atomic mass is 10.1. The second-order valence-electron chi connectivity index (χ2n) is 4.60. The average Bonchev–Trinajstić information content (AvgIpc) is 2.35. The summed E-state index contributed by atoms with van der Waals surface area (Å²) in [5, 5.41) is 1.17. The van der Waals surface area contributed by atoms with Gasteiger partial charge in [-0.15, -0.1) is 0 Å². The van der Waals surface area contributed by atoms with E-state index in [4.69, 9.17) is 0 Å². The first-order chi connectivity index (χ1) is 8.41. The van der Waals surface area contributed by atoms with Gasteiger partial charge in [0.2, 0.25) is 0 Å². The quantitative estimate of drug-likeness (QED) is 0.222. The predicted molar refractivity (Wildman–Crippen MR) is 83.9 cm³/mol. The first kappa shape index (κ1) is 17.0. The van der Waals surface area contributed by atoms with E-state index in [1.54, 1.807) is 0 Å². The molecule has 0 bridgehead atoms. The van der Waals surface area contributed by atoms with Crippen LogP contribution in [0.25, 0.3) is 0 Å². The molecule has 0 atom stereocenters. The highest BCUT2D eigenvalue weighted by molar-refractivity contribution is 9.09. The second-order valence-corrected chi connectivity index (χ2v) is 5.39. The number of hydrogen-bond acceptors (Lipinski definition) is 0. The minimum atomic E-state index is 1.17. The fraction of sp³-hybridized carbons (Fsp3) is 0.750. The molecule has 0 saturated heterocycles. The van der Waals surface area contributed by atoms with E-state index in [-0.39, 0.29) is 0 Å². The molecule has 0 fully saturated rings. The summed E-state index contributed by atoms with van der Waals surface area (Å²) < 4.78 is 0. The summed E-state index contributed by atoms with van der Waals surface area (Å²) >= 11 is 3.47. The van der Waals surface area contributed by atoms with Crippen LogP contribution in [-0.4, -0.2) is 5.33 Å². The summed E-state index contributed by atoms with van der Waals surface area (Å²) in [4.78, 5) is 0. The molecule has 0 saturated carbocycles. The lowest BCUT2D eigenvalue weighted by Crippen LogP contribution is -1.79. The van der Waals surface area contributed by atoms with Crippen LogP contribution in [0.2, 0.25) is 0 Å². The number of rotatable bonds is 12. The molecule has 0 aromatic rings. The number of hydrogen-bond donors (Lipinski definition) is 0. The van der Waals surface area contributed by atoms with Crippen molar-refractivity contribution in [2.75, 3.05) is 5.33 Å². The summed E-state index contributed by atoms with van der Waals surface area (Å²) in [6.07, 6.45) is 22.4. The number of allylic oxidation sites excluding steroid dienone is 4. The van der Waals surface area contributed by atoms with E-state index in [9.17, 15) is 0 Å². The molecule has 0 aliphatic rings. The van der Waals surface area contributed by atoms with Crippen molar-refractivity contribution >= 4 is 15.9 Å². The van der Waals surface area contributed by atoms with Crippen molar-refractivity contribution in [1.82, 2.24) is 0 Å². The standard InChI is InChI=1S/C16H29Br/c1-2-3-4-5-6-7-8-9-10-11-12-13-14-15-16-17/h5-8H,2-4,9-16H2,1H3/b6-5+,8-7-. The Morgan fingerprint density at radius 1 is 0.706 bits per heavy atom. The SMILES string of the molecule is CCCC/C=C/C=C\CCCCCCCCBr. The fourth-order valence-corrected chi connectivity index (χ4v) is 2.13. The van der Waals surface area contributed by atoms with E-state index < -0.39 is 0 Å². The average molecular weight is 301 g/mol. The van der Waals surface area contributed by atoms with Crippen molar-refractivity contribution < 1.29 is 0 Å². The maximum Gasteiger partial charge on any atom is 0.00313 e. The first-order valence-electron chi connectivity index (χ1n) is 7.29. The first-order valence-corrected chi connectivity index (χ1v) is 8.41. The van der Waals surface area contributed by atoms with Crippen LogP contribution in [0.1, 0.15) is 71.1 Å². The molecule has 0 aliphatic carbocycles. The zero-order chi connectivity index (χ0) is 12.6. The van der Waals surface area contributed by atoms with Gasteiger partial charge in [-0.1, -0.05) is 85.7 Å². The number of unbranched alkanes of at least 4 members (excludes halogenated alkanes) is 8. The zero-order valence-electron chi connectivity index (χ0n) is 11.5. The van der Waals surface area contributed by atoms with E-state index in [0.717, 1.165) is 0 Å². The third kappa shape index (κ3) is 16.0. The molecule has 0 heterocycles. The van der Waals surface area contributed by atoms with Crippen molar-refractivity contribution in [2.24, 2.45) is 0 Å². The van der Waals surface area contributed by atoms with E-state index >= 15 is 0 Å². The van der Waals surface area contributed by atoms with Gasteiger partial charge in [-0.3, -0.25) is 0 Å². The van der Waals surface area contributed by atoms with Gasteiger partial charge in [0.05, 0.1) is 0 Å². The molecule has 17 heavy (non-hydrogen) atoms. The number of halogens is 1. The fourth-order valence-electron chi connectivity index (χ4n) is 1.74. The van der Waals surface area contributed by atoms with Gasteiger partial charge in [-0.25, -0.2) is 0 Å². The Bertz CT molecular complexity index is 182. The third-order valence-corrected chi connectivity index (χ3v) is 3.42. The van der Waals surface area contributed by atoms with Gasteiger partial charge in [0, 0.05) is 5.33 Å². The summed E-state index contributed by atoms with van der Waals surface area (Å²) in [6, 6.07) is 0. The molecule has 0 unspecified atom stereocenters. The molecule has 0 nitrogen and oxygen atoms in total. The largest absolute Gasteiger partial charge is 0.0928 e. The molecule has 0 rings (SSSR count). The van der Waals surface area contributed by atoms with Crippen LogP contribution in [0.3, 0.4) is 0 Å². The van der Waals surface area contributed by atoms with E-state index in [1.807, 2.05) is 0 Å². The Labute approximate surface area is 117 Å². The molecule has 0 aromatic carbocycles. The Hall–Kier alpha value is -0.0400. The minimum absolute atomic E-state index is 1.17. The lowest BCUT2D eigenvalue weighted by Gasteiger charge is -1.98. The number of alkyl halides is 1. The summed E-state index contributed by atoms with van der Waals surface area (Å²) in [7, 11) is 0. The van der Waals surface area contributed by atoms with Crippen molar-refractivity contribution in [3.05, 3.63) is 24.3 Å². The highest BCUT2D eigenvalue weighted by atomic mass is 79.9. The topological polar surface area (TPSA) is 0 Å². The van der Waals surface area contributed by atoms with Gasteiger partial charge in [0.25, 0.3) is 0 Å². The van der Waals surface area contributed by atoms with Crippen molar-refractivity contribution in [3.63, 3.8) is 0 Å². The van der Waals surface area contributed by atoms with Crippen molar-refractivity contribution in [1.29, 1.82) is 0 Å². The van der Waals surface area contributed by atoms with Gasteiger partial charge >= 0.3 is 0 Å². The van der Waals surface area contributed by atoms with Crippen LogP contribution in [0.15, 0.2) is 24.3 Å². The maximum absolute atomic E-state index is 3.47. The molecule has 100 valence electrons. The molecular formula is C16H29Br. The van der Waals surface area contributed by atoms with Gasteiger partial charge in [-0.05, 0) is 25.7 Å². The lowest BCUT2D eigenvalue weighted by molar-refractivity contribution is 0.614. The third-order valence-electron chi connectivity index (χ3n) is 2.86. The van der Waals surface area contributed by atoms with Crippen LogP contribution >= 0.6 is 15.9 Å². The van der Waals surface area contributed by atoms with E-state index in [0.29, 0.717) is 0 Å². The maximum atomic E-state index is 3.47. The molecule has 0 amide bonds. The van der Waals surface area contributed by atoms with Crippen LogP contribution in [0.5, 0.6) is 0 Å². The van der Waals surface area contributed by atoms with Crippen LogP contribution in [0.4, 0.5) is 0 Å². The van der Waals surface area contributed by atoms with Crippen molar-refractivity contribution in [3.8, 4) is 0 Å². The minimum Gasteiger partial charge on any atom is -0.0928 e. The summed E-state index contributed by atoms with van der Waals surface area (Å²) in [6.45, 7) is 2.24.